The van der Waals surface area contributed by atoms with Gasteiger partial charge in [-0.25, -0.2) is 9.36 Å². The highest BCUT2D eigenvalue weighted by atomic mass is 31.2. The van der Waals surface area contributed by atoms with Crippen molar-refractivity contribution in [1.29, 1.82) is 0 Å². The van der Waals surface area contributed by atoms with Crippen LogP contribution in [-0.2, 0) is 85.2 Å². The molecule has 0 aliphatic carbocycles. The van der Waals surface area contributed by atoms with Crippen LogP contribution in [0.1, 0.15) is 233 Å². The molecule has 1 fully saturated rings. The first-order valence-corrected chi connectivity index (χ1v) is 35.9. The van der Waals surface area contributed by atoms with Crippen molar-refractivity contribution in [2.75, 3.05) is 52.7 Å². The van der Waals surface area contributed by atoms with Crippen molar-refractivity contribution < 1.29 is 116 Å². The quantitative estimate of drug-likeness (QED) is 0.00915. The Bertz CT molecular complexity index is 2360. The second kappa shape index (κ2) is 52.4. The molecular weight excluding hydrogens is 1280 g/mol. The standard InChI is InChI=1S/C65H115N6O24P/c1-5-7-9-11-13-15-17-19-20-22-24-26-28-30-32-34-56(79)94-49(44-89-55(78)33-31-29-27-25-23-21-18-16-14-12-10-8-6-2)45-92-96(87,88)91-40-39-68-52(74)35-36-53(75)69-41-57(80)90-46-50(66)61(82)71(65(63(67)84,64(85)86)38-37-54(76)77)42-47(3)93-60-58(70-48(4)73)62(83)95-51(43-72)59(60)81/h19-20,47,49-51,58-60,62,72,81,83H,5-18,21-46,66H2,1-4H3,(H2,67,84)(H,68,74)(H,69,75)(H,70,73)(H,76,77)(H,85,86)(H,87,88)/b20-19-/t47?,49-,50+,51-,58-,59-,60-,62+,65+/m1/s1. The van der Waals surface area contributed by atoms with Gasteiger partial charge in [-0.3, -0.25) is 52.2 Å². The zero-order valence-corrected chi connectivity index (χ0v) is 58.0. The predicted molar refractivity (Wildman–Crippen MR) is 351 cm³/mol. The molecule has 1 heterocycles. The van der Waals surface area contributed by atoms with Crippen molar-refractivity contribution >= 4 is 67.2 Å². The van der Waals surface area contributed by atoms with Crippen molar-refractivity contribution in [3.8, 4) is 0 Å². The first-order chi connectivity index (χ1) is 45.7. The van der Waals surface area contributed by atoms with Crippen LogP contribution in [0.4, 0.5) is 0 Å². The summed E-state index contributed by atoms with van der Waals surface area (Å²) in [4.78, 5) is 138. The van der Waals surface area contributed by atoms with Gasteiger partial charge in [0, 0.05) is 58.5 Å². The van der Waals surface area contributed by atoms with Crippen LogP contribution in [0, 0.1) is 0 Å². The molecule has 1 saturated heterocycles. The minimum absolute atomic E-state index is 0.0721. The molecule has 30 nitrogen and oxygen atoms in total. The number of hydrogen-bond donors (Lipinski definition) is 11. The predicted octanol–water partition coefficient (Wildman–Crippen LogP) is 5.33. The van der Waals surface area contributed by atoms with Gasteiger partial charge >= 0.3 is 37.7 Å². The number of nitrogens with zero attached hydrogens (tertiary/aromatic N) is 1. The molecule has 1 aliphatic rings. The first kappa shape index (κ1) is 88.3. The molecule has 0 spiro atoms. The van der Waals surface area contributed by atoms with Gasteiger partial charge in [-0.1, -0.05) is 154 Å². The molecule has 0 aromatic rings. The summed E-state index contributed by atoms with van der Waals surface area (Å²) in [5.41, 5.74) is 8.45. The van der Waals surface area contributed by atoms with E-state index >= 15 is 0 Å². The van der Waals surface area contributed by atoms with E-state index in [2.05, 4.69) is 41.9 Å². The average molecular weight is 1400 g/mol. The highest BCUT2D eigenvalue weighted by molar-refractivity contribution is 7.47. The smallest absolute Gasteiger partial charge is 0.472 e. The van der Waals surface area contributed by atoms with Crippen LogP contribution in [0.25, 0.3) is 0 Å². The first-order valence-electron chi connectivity index (χ1n) is 34.4. The SMILES string of the molecule is CCCCCCCC/C=C\CCCCCCCC(=O)O[C@H](COC(=O)CCCCCCCCCCCCCCC)COP(=O)(O)OCCNC(=O)CCC(=O)NCC(=O)OC[C@H](N)C(=O)N(CC(C)O[C@H]1[C@H](O)[C@@H](CO)O[C@H](O)[C@@H]1NC(C)=O)[C@@](CCC(=O)O)(C(N)=O)C(=O)O. The zero-order valence-electron chi connectivity index (χ0n) is 57.1. The van der Waals surface area contributed by atoms with Gasteiger partial charge in [-0.15, -0.1) is 0 Å². The Kier molecular flexibility index (Phi) is 48.2. The molecule has 1 rings (SSSR count). The highest BCUT2D eigenvalue weighted by Gasteiger charge is 2.54. The fourth-order valence-electron chi connectivity index (χ4n) is 10.5. The van der Waals surface area contributed by atoms with Gasteiger partial charge in [0.2, 0.25) is 29.2 Å². The number of phosphoric acid groups is 1. The van der Waals surface area contributed by atoms with Gasteiger partial charge in [0.05, 0.1) is 25.9 Å². The summed E-state index contributed by atoms with van der Waals surface area (Å²) in [6.07, 6.45) is 21.0. The van der Waals surface area contributed by atoms with Crippen molar-refractivity contribution in [1.82, 2.24) is 20.9 Å². The van der Waals surface area contributed by atoms with E-state index in [1.165, 1.54) is 96.8 Å². The maximum Gasteiger partial charge on any atom is 0.472 e. The number of carbonyl (C=O) groups is 10. The number of phosphoric ester groups is 1. The maximum atomic E-state index is 14.0. The minimum Gasteiger partial charge on any atom is -0.481 e. The Hall–Kier alpha value is -5.69. The number of amides is 5. The van der Waals surface area contributed by atoms with Crippen molar-refractivity contribution in [2.45, 2.75) is 288 Å². The van der Waals surface area contributed by atoms with E-state index in [9.17, 15) is 82.9 Å². The fraction of sp³-hybridized carbons (Fsp3) is 0.815. The number of carboxylic acids is 2. The molecule has 0 aromatic carbocycles. The number of rotatable bonds is 59. The van der Waals surface area contributed by atoms with Crippen LogP contribution in [0.5, 0.6) is 0 Å². The molecule has 13 N–H and O–H groups in total. The number of esters is 3. The monoisotopic (exact) mass is 1390 g/mol. The summed E-state index contributed by atoms with van der Waals surface area (Å²) in [5.74, 6) is -11.5. The third-order valence-electron chi connectivity index (χ3n) is 16.0. The number of primary amides is 1. The van der Waals surface area contributed by atoms with Crippen LogP contribution < -0.4 is 27.4 Å². The minimum atomic E-state index is -4.84. The molecule has 0 aromatic heterocycles. The number of allylic oxidation sites excluding steroid dienone is 2. The van der Waals surface area contributed by atoms with E-state index in [0.717, 1.165) is 71.1 Å². The molecule has 5 amide bonds. The van der Waals surface area contributed by atoms with E-state index in [0.29, 0.717) is 17.7 Å². The van der Waals surface area contributed by atoms with Gasteiger partial charge in [0.25, 0.3) is 5.91 Å². The van der Waals surface area contributed by atoms with Crippen LogP contribution in [0.15, 0.2) is 12.2 Å². The lowest BCUT2D eigenvalue weighted by Crippen LogP contribution is -2.69. The molecule has 0 bridgehead atoms. The summed E-state index contributed by atoms with van der Waals surface area (Å²) in [5, 5.41) is 57.9. The number of ether oxygens (including phenoxy) is 5. The molecule has 31 heteroatoms. The normalized spacial score (nSPS) is 18.4. The van der Waals surface area contributed by atoms with Gasteiger partial charge < -0.3 is 86.4 Å². The average Bonchev–Trinajstić information content (AvgIpc) is 0.780. The number of aliphatic carboxylic acids is 2. The number of aliphatic hydroxyl groups is 3. The number of hydrogen-bond acceptors (Lipinski definition) is 22. The zero-order chi connectivity index (χ0) is 71.7. The molecule has 2 unspecified atom stereocenters. The number of unbranched alkanes of at least 4 members (excludes halogenated alkanes) is 23. The second-order valence-corrected chi connectivity index (χ2v) is 25.8. The van der Waals surface area contributed by atoms with Crippen molar-refractivity contribution in [2.24, 2.45) is 11.5 Å². The maximum absolute atomic E-state index is 14.0. The van der Waals surface area contributed by atoms with Crippen molar-refractivity contribution in [3.05, 3.63) is 12.2 Å². The van der Waals surface area contributed by atoms with Crippen LogP contribution in [0.3, 0.4) is 0 Å². The number of nitrogens with one attached hydrogen (secondary N) is 3. The van der Waals surface area contributed by atoms with Gasteiger partial charge in [0.1, 0.15) is 50.2 Å². The highest BCUT2D eigenvalue weighted by Crippen LogP contribution is 2.43. The Labute approximate surface area is 565 Å². The number of nitrogens with two attached hydrogens (primary N) is 2. The van der Waals surface area contributed by atoms with Gasteiger partial charge in [-0.2, -0.15) is 0 Å². The summed E-state index contributed by atoms with van der Waals surface area (Å²) in [6.45, 7) is 1.00. The molecular formula is C65H115N6O24P. The van der Waals surface area contributed by atoms with Crippen LogP contribution >= 0.6 is 7.82 Å². The number of carboxylic acid groups (broad SMARTS) is 2. The molecule has 1 aliphatic heterocycles. The summed E-state index contributed by atoms with van der Waals surface area (Å²) >= 11 is 0. The lowest BCUT2D eigenvalue weighted by Gasteiger charge is -2.45. The van der Waals surface area contributed by atoms with E-state index in [-0.39, 0.29) is 19.4 Å². The lowest BCUT2D eigenvalue weighted by molar-refractivity contribution is -0.268. The van der Waals surface area contributed by atoms with E-state index in [4.69, 9.17) is 44.2 Å². The topological polar surface area (TPSA) is 465 Å². The van der Waals surface area contributed by atoms with E-state index in [1.54, 1.807) is 0 Å². The summed E-state index contributed by atoms with van der Waals surface area (Å²) in [6, 6.07) is -3.51. The van der Waals surface area contributed by atoms with E-state index in [1.807, 2.05) is 0 Å². The third kappa shape index (κ3) is 39.6. The Morgan fingerprint density at radius 1 is 0.656 bits per heavy atom. The molecule has 96 heavy (non-hydrogen) atoms. The van der Waals surface area contributed by atoms with Crippen molar-refractivity contribution in [3.63, 3.8) is 0 Å². The molecule has 0 saturated carbocycles. The number of aliphatic hydroxyl groups excluding tert-OH is 3. The van der Waals surface area contributed by atoms with E-state index < -0.39 is 193 Å². The molecule has 0 radical (unpaired) electrons. The van der Waals surface area contributed by atoms with Crippen LogP contribution in [-0.4, -0.2) is 202 Å². The Morgan fingerprint density at radius 3 is 1.66 bits per heavy atom. The Morgan fingerprint density at radius 2 is 1.16 bits per heavy atom. The number of carbonyl (C=O) groups excluding carboxylic acids is 8. The third-order valence-corrected chi connectivity index (χ3v) is 17.0. The van der Waals surface area contributed by atoms with Gasteiger partial charge in [0.15, 0.2) is 12.4 Å². The lowest BCUT2D eigenvalue weighted by atomic mass is 9.88. The van der Waals surface area contributed by atoms with Gasteiger partial charge in [-0.05, 0) is 45.4 Å². The fourth-order valence-corrected chi connectivity index (χ4v) is 11.3. The van der Waals surface area contributed by atoms with Crippen LogP contribution in [0.2, 0.25) is 0 Å². The molecule has 554 valence electrons. The molecule has 10 atom stereocenters. The summed E-state index contributed by atoms with van der Waals surface area (Å²) < 4.78 is 50.0. The summed E-state index contributed by atoms with van der Waals surface area (Å²) in [7, 11) is -4.84. The second-order valence-electron chi connectivity index (χ2n) is 24.4. The Balaban J connectivity index is 2.77. The largest absolute Gasteiger partial charge is 0.481 e.